The van der Waals surface area contributed by atoms with Crippen molar-refractivity contribution in [2.24, 2.45) is 17.2 Å². The van der Waals surface area contributed by atoms with E-state index in [1.54, 1.807) is 62.1 Å². The van der Waals surface area contributed by atoms with Crippen molar-refractivity contribution in [2.75, 3.05) is 91.6 Å². The summed E-state index contributed by atoms with van der Waals surface area (Å²) in [6.45, 7) is 2.22. The van der Waals surface area contributed by atoms with E-state index < -0.39 is 115 Å². The molecule has 0 bridgehead atoms. The number of primary amides is 3. The molecule has 19 N–H and O–H groups in total. The molecule has 0 spiro atoms. The highest BCUT2D eigenvalue weighted by Crippen LogP contribution is 2.22. The number of nitrogens with one attached hydrogen (secondary N) is 7. The molecule has 0 aromatic heterocycles. The molecular formula is C63H97IN14O19. The molecule has 0 aliphatic carbocycles. The summed E-state index contributed by atoms with van der Waals surface area (Å²) in [5, 5.41) is 77.3. The first-order valence-corrected chi connectivity index (χ1v) is 33.5. The van der Waals surface area contributed by atoms with E-state index in [-0.39, 0.29) is 134 Å². The number of unbranched alkanes of at least 4 members (excludes halogenated alkanes) is 5. The predicted octanol–water partition coefficient (Wildman–Crippen LogP) is -1.31. The highest BCUT2D eigenvalue weighted by atomic mass is 127. The van der Waals surface area contributed by atoms with E-state index in [4.69, 9.17) is 22.3 Å². The van der Waals surface area contributed by atoms with Gasteiger partial charge in [-0.05, 0) is 129 Å². The molecule has 3 rings (SSSR count). The largest absolute Gasteiger partial charge is 0.507 e. The number of benzene rings is 2. The fraction of sp³-hybridized carbons (Fsp3) is 0.603. The number of hydrogen-bond donors (Lipinski definition) is 16. The van der Waals surface area contributed by atoms with Crippen LogP contribution in [0.1, 0.15) is 114 Å². The van der Waals surface area contributed by atoms with Gasteiger partial charge in [0.05, 0.1) is 29.2 Å². The number of carbonyl (C=O) groups is 13. The normalized spacial score (nSPS) is 15.4. The van der Waals surface area contributed by atoms with Crippen LogP contribution in [-0.4, -0.2) is 255 Å². The van der Waals surface area contributed by atoms with Crippen molar-refractivity contribution < 1.29 is 93.0 Å². The zero-order valence-corrected chi connectivity index (χ0v) is 56.8. The average Bonchev–Trinajstić information content (AvgIpc) is 0.901. The molecule has 6 atom stereocenters. The van der Waals surface area contributed by atoms with Gasteiger partial charge in [0, 0.05) is 91.1 Å². The van der Waals surface area contributed by atoms with Crippen LogP contribution in [0.3, 0.4) is 0 Å². The number of carboxylic acid groups (broad SMARTS) is 5. The molecule has 1 aliphatic rings. The lowest BCUT2D eigenvalue weighted by atomic mass is 10.0. The predicted molar refractivity (Wildman–Crippen MR) is 360 cm³/mol. The summed E-state index contributed by atoms with van der Waals surface area (Å²) < 4.78 is 0.507. The number of halogens is 1. The van der Waals surface area contributed by atoms with Gasteiger partial charge in [0.1, 0.15) is 36.0 Å². The van der Waals surface area contributed by atoms with Gasteiger partial charge in [-0.1, -0.05) is 49.2 Å². The number of phenols is 1. The second kappa shape index (κ2) is 46.0. The van der Waals surface area contributed by atoms with Gasteiger partial charge in [0.25, 0.3) is 0 Å². The molecule has 2 aromatic rings. The lowest BCUT2D eigenvalue weighted by molar-refractivity contribution is -0.144. The van der Waals surface area contributed by atoms with Crippen molar-refractivity contribution in [3.63, 3.8) is 0 Å². The Morgan fingerprint density at radius 1 is 0.443 bits per heavy atom. The molecule has 33 nitrogen and oxygen atoms in total. The van der Waals surface area contributed by atoms with Crippen molar-refractivity contribution in [3.8, 4) is 5.75 Å². The topological polar surface area (TPSA) is 519 Å². The van der Waals surface area contributed by atoms with Gasteiger partial charge in [0.2, 0.25) is 41.4 Å². The molecule has 1 aliphatic heterocycles. The molecule has 1 heterocycles. The van der Waals surface area contributed by atoms with E-state index in [1.165, 1.54) is 6.07 Å². The Kier molecular flexibility index (Phi) is 39.3. The standard InChI is InChI=1S/C63H97IN14O19/c64-43-35-42(20-22-50(43)79)37-47(68-26-12-17-49(62(95)96)78-33-31-76(39-52(66)81)29-27-75(38-51(65)80)28-30-77(32-34-78)40-53(67)82)57(87)72-48(36-41-13-4-3-5-14-41)58(88)71-44(59(89)90)15-8-10-24-69-54(83)18-6-1-2-7-19-55(84)70-25-11-9-16-45(60(91)92)73-63(97)74-46(61(93)94)21-23-56(85)86/h3-5,13-14,20,22,35,44-49,68,79H,1-2,6-12,15-19,21,23-34,36-40H2,(H2,65,80)(H2,66,81)(H2,67,82)(H,69,83)(H,70,84)(H,71,88)(H,72,87)(H,85,86)(H,89,90)(H,91,92)(H,93,94)(H,95,96)(H2,73,74,97)/t44-,45?,46+,47-,48?,49?/m1/s1. The second-order valence-electron chi connectivity index (χ2n) is 23.8. The number of nitrogens with zero attached hydrogens (tertiary/aromatic N) is 4. The second-order valence-corrected chi connectivity index (χ2v) is 25.0. The lowest BCUT2D eigenvalue weighted by Gasteiger charge is -2.35. The van der Waals surface area contributed by atoms with E-state index in [1.807, 2.05) is 22.6 Å². The first kappa shape index (κ1) is 82.9. The monoisotopic (exact) mass is 1480 g/mol. The van der Waals surface area contributed by atoms with Gasteiger partial charge in [-0.25, -0.2) is 19.2 Å². The van der Waals surface area contributed by atoms with Gasteiger partial charge in [0.15, 0.2) is 0 Å². The summed E-state index contributed by atoms with van der Waals surface area (Å²) in [5.74, 6) is -10.2. The zero-order chi connectivity index (χ0) is 71.8. The maximum atomic E-state index is 14.5. The summed E-state index contributed by atoms with van der Waals surface area (Å²) in [4.78, 5) is 169. The van der Waals surface area contributed by atoms with E-state index >= 15 is 0 Å². The summed E-state index contributed by atoms with van der Waals surface area (Å²) in [6, 6.07) is 4.84. The highest BCUT2D eigenvalue weighted by molar-refractivity contribution is 14.1. The number of aliphatic carboxylic acids is 5. The highest BCUT2D eigenvalue weighted by Gasteiger charge is 2.32. The Morgan fingerprint density at radius 3 is 1.34 bits per heavy atom. The first-order chi connectivity index (χ1) is 46.1. The number of aromatic hydroxyl groups is 1. The minimum Gasteiger partial charge on any atom is -0.507 e. The van der Waals surface area contributed by atoms with Crippen LogP contribution in [0.25, 0.3) is 0 Å². The maximum Gasteiger partial charge on any atom is 0.326 e. The Hall–Kier alpha value is -8.32. The summed E-state index contributed by atoms with van der Waals surface area (Å²) in [5.41, 5.74) is 18.0. The number of nitrogens with two attached hydrogens (primary N) is 3. The van der Waals surface area contributed by atoms with Gasteiger partial charge in [-0.2, -0.15) is 0 Å². The van der Waals surface area contributed by atoms with Crippen LogP contribution in [0.2, 0.25) is 0 Å². The molecule has 3 unspecified atom stereocenters. The van der Waals surface area contributed by atoms with Crippen LogP contribution in [0.15, 0.2) is 48.5 Å². The van der Waals surface area contributed by atoms with Gasteiger partial charge < -0.3 is 85.1 Å². The summed E-state index contributed by atoms with van der Waals surface area (Å²) >= 11 is 1.95. The Balaban J connectivity index is 1.55. The third kappa shape index (κ3) is 36.0. The first-order valence-electron chi connectivity index (χ1n) is 32.4. The van der Waals surface area contributed by atoms with Crippen LogP contribution in [0.4, 0.5) is 4.79 Å². The number of phenolic OH excluding ortho intramolecular Hbond substituents is 1. The van der Waals surface area contributed by atoms with Crippen molar-refractivity contribution in [1.82, 2.24) is 56.8 Å². The van der Waals surface area contributed by atoms with Gasteiger partial charge in [-0.3, -0.25) is 62.8 Å². The summed E-state index contributed by atoms with van der Waals surface area (Å²) in [6.07, 6.45) is 3.57. The Labute approximate surface area is 576 Å². The SMILES string of the molecule is NC(=O)CN1CCN(CC(N)=O)CCN(C(CCCN[C@H](Cc2ccc(O)c(I)c2)C(=O)NC(Cc2ccccc2)C(=O)N[C@H](CCCCNC(=O)CCCCCCC(=O)NCCCCC(NC(=O)N[C@@H](CCC(=O)O)C(=O)O)C(=O)O)C(=O)O)C(=O)O)CCN(CC(N)=O)CC1. The third-order valence-electron chi connectivity index (χ3n) is 16.0. The minimum atomic E-state index is -1.53. The summed E-state index contributed by atoms with van der Waals surface area (Å²) in [7, 11) is 0. The van der Waals surface area contributed by atoms with Crippen LogP contribution in [0.5, 0.6) is 5.75 Å². The third-order valence-corrected chi connectivity index (χ3v) is 16.8. The lowest BCUT2D eigenvalue weighted by Crippen LogP contribution is -2.56. The Bertz CT molecular complexity index is 2880. The molecular weight excluding hydrogens is 1380 g/mol. The zero-order valence-electron chi connectivity index (χ0n) is 54.6. The fourth-order valence-corrected chi connectivity index (χ4v) is 11.3. The number of urea groups is 1. The fourth-order valence-electron chi connectivity index (χ4n) is 10.7. The van der Waals surface area contributed by atoms with Crippen LogP contribution in [0, 0.1) is 3.57 Å². The quantitative estimate of drug-likeness (QED) is 0.0270. The molecule has 0 saturated carbocycles. The maximum absolute atomic E-state index is 14.5. The van der Waals surface area contributed by atoms with E-state index in [0.717, 1.165) is 0 Å². The smallest absolute Gasteiger partial charge is 0.326 e. The van der Waals surface area contributed by atoms with E-state index in [0.29, 0.717) is 92.2 Å². The molecule has 1 saturated heterocycles. The van der Waals surface area contributed by atoms with Crippen LogP contribution in [-0.2, 0) is 70.4 Å². The molecule has 9 amide bonds. The van der Waals surface area contributed by atoms with Gasteiger partial charge >= 0.3 is 35.9 Å². The van der Waals surface area contributed by atoms with Crippen LogP contribution >= 0.6 is 22.6 Å². The number of carbonyl (C=O) groups excluding carboxylic acids is 8. The molecule has 0 radical (unpaired) electrons. The molecule has 2 aromatic carbocycles. The van der Waals surface area contributed by atoms with Crippen molar-refractivity contribution >= 4 is 99.8 Å². The van der Waals surface area contributed by atoms with Crippen molar-refractivity contribution in [3.05, 3.63) is 63.2 Å². The van der Waals surface area contributed by atoms with E-state index in [9.17, 15) is 87.9 Å². The van der Waals surface area contributed by atoms with Crippen LogP contribution < -0.4 is 54.4 Å². The Morgan fingerprint density at radius 2 is 0.887 bits per heavy atom. The number of hydrogen-bond acceptors (Lipinski definition) is 19. The van der Waals surface area contributed by atoms with Crippen molar-refractivity contribution in [2.45, 2.75) is 152 Å². The molecule has 34 heteroatoms. The average molecular weight is 1480 g/mol. The number of carboxylic acids is 5. The molecule has 540 valence electrons. The van der Waals surface area contributed by atoms with E-state index in [2.05, 4.69) is 37.2 Å². The van der Waals surface area contributed by atoms with Crippen molar-refractivity contribution in [1.29, 1.82) is 0 Å². The molecule has 1 fully saturated rings. The minimum absolute atomic E-state index is 0.00998. The molecule has 97 heavy (non-hydrogen) atoms. The van der Waals surface area contributed by atoms with Gasteiger partial charge in [-0.15, -0.1) is 0 Å². The number of amides is 9. The number of rotatable bonds is 46.